The average Bonchev–Trinajstić information content (AvgIpc) is 3.89. The molecule has 1 saturated carbocycles. The lowest BCUT2D eigenvalue weighted by molar-refractivity contribution is -0.160. The number of aliphatic hydroxyl groups excluding tert-OH is 2. The number of carbonyl (C=O) groups excluding carboxylic acids is 3. The first-order valence-electron chi connectivity index (χ1n) is 18.0. The summed E-state index contributed by atoms with van der Waals surface area (Å²) in [7, 11) is 1.46. The number of hydrogen-bond acceptors (Lipinski definition) is 12. The fourth-order valence-corrected chi connectivity index (χ4v) is 7.22. The van der Waals surface area contributed by atoms with Crippen molar-refractivity contribution in [1.82, 2.24) is 0 Å². The Morgan fingerprint density at radius 2 is 1.68 bits per heavy atom. The van der Waals surface area contributed by atoms with Crippen LogP contribution in [0.3, 0.4) is 0 Å². The number of ether oxygens (including phenoxy) is 4. The van der Waals surface area contributed by atoms with Crippen molar-refractivity contribution < 1.29 is 53.8 Å². The first-order chi connectivity index (χ1) is 24.9. The summed E-state index contributed by atoms with van der Waals surface area (Å²) >= 11 is 0. The van der Waals surface area contributed by atoms with Crippen LogP contribution in [0.25, 0.3) is 10.8 Å². The van der Waals surface area contributed by atoms with Gasteiger partial charge in [0.05, 0.1) is 41.2 Å². The molecule has 4 aliphatic rings. The van der Waals surface area contributed by atoms with Gasteiger partial charge in [-0.1, -0.05) is 45.9 Å². The molecule has 53 heavy (non-hydrogen) atoms. The van der Waals surface area contributed by atoms with Gasteiger partial charge in [-0.05, 0) is 38.8 Å². The van der Waals surface area contributed by atoms with E-state index < -0.39 is 77.3 Å². The number of esters is 1. The Labute approximate surface area is 309 Å². The van der Waals surface area contributed by atoms with Crippen LogP contribution in [0.1, 0.15) is 77.2 Å². The number of phenols is 2. The number of allylic oxidation sites excluding steroid dienone is 2. The summed E-state index contributed by atoms with van der Waals surface area (Å²) in [6.45, 7) is 12.9. The number of phenolic OH excluding ortho intramolecular Hbond substituents is 2. The molecule has 0 radical (unpaired) electrons. The minimum absolute atomic E-state index is 0.0380. The van der Waals surface area contributed by atoms with Crippen LogP contribution in [-0.2, 0) is 23.8 Å². The monoisotopic (exact) mass is 736 g/mol. The predicted octanol–water partition coefficient (Wildman–Crippen LogP) is 5.62. The topological polar surface area (TPSA) is 193 Å². The summed E-state index contributed by atoms with van der Waals surface area (Å²) in [5.74, 6) is -6.52. The third-order valence-electron chi connectivity index (χ3n) is 10.8. The molecule has 2 aromatic rings. The van der Waals surface area contributed by atoms with Gasteiger partial charge in [0.25, 0.3) is 11.7 Å². The van der Waals surface area contributed by atoms with Crippen molar-refractivity contribution in [2.24, 2.45) is 23.7 Å². The number of nitrogens with one attached hydrogen (secondary N) is 2. The summed E-state index contributed by atoms with van der Waals surface area (Å²) < 4.78 is 23.6. The largest absolute Gasteiger partial charge is 0.507 e. The summed E-state index contributed by atoms with van der Waals surface area (Å²) in [5.41, 5.74) is 0.949. The van der Waals surface area contributed by atoms with E-state index in [1.54, 1.807) is 71.9 Å². The Morgan fingerprint density at radius 3 is 2.30 bits per heavy atom. The highest BCUT2D eigenvalue weighted by molar-refractivity contribution is 6.21. The number of anilines is 2. The molecule has 3 aliphatic heterocycles. The minimum atomic E-state index is -1.89. The molecule has 288 valence electrons. The Bertz CT molecular complexity index is 1860. The number of aromatic hydroxyl groups is 2. The molecule has 1 amide bonds. The number of aliphatic hydroxyl groups is 2. The van der Waals surface area contributed by atoms with Gasteiger partial charge >= 0.3 is 11.8 Å². The number of benzene rings is 2. The molecule has 0 spiro atoms. The third kappa shape index (κ3) is 7.74. The number of Topliss-reactive ketones (excluding diaryl/α,β-unsaturated/α-hetero) is 1. The number of rotatable bonds is 4. The van der Waals surface area contributed by atoms with Crippen molar-refractivity contribution >= 4 is 39.8 Å². The molecule has 13 nitrogen and oxygen atoms in total. The standard InChI is InChI=1S/C40H52N2O11/c1-18-11-10-12-19(2)39(49)42-31-27(41-25-13-14-25)17-26-29(35(31)47)34(46)23(6)37-30(26)38(48)40(8,53-37)51-16-15-28(50-9)20(3)36(52-24(7)43)22(5)33(45)21(4)32(18)44/h10-12,15-18,20-22,25,28,32-33,36,41,44-47H,13-14H2,1-9H3,(H,42,49)/b11-10+,16-15-,19-12+. The zero-order valence-electron chi connectivity index (χ0n) is 31.7. The number of amides is 1. The molecule has 0 aromatic heterocycles. The van der Waals surface area contributed by atoms with Crippen LogP contribution in [0, 0.1) is 30.6 Å². The van der Waals surface area contributed by atoms with Crippen molar-refractivity contribution in [3.63, 3.8) is 0 Å². The Kier molecular flexibility index (Phi) is 11.5. The molecule has 9 unspecified atom stereocenters. The Morgan fingerprint density at radius 1 is 1.00 bits per heavy atom. The lowest BCUT2D eigenvalue weighted by atomic mass is 9.78. The van der Waals surface area contributed by atoms with Crippen molar-refractivity contribution in [2.45, 2.75) is 104 Å². The van der Waals surface area contributed by atoms with E-state index in [0.717, 1.165) is 12.8 Å². The van der Waals surface area contributed by atoms with Gasteiger partial charge in [0.2, 0.25) is 0 Å². The number of fused-ring (bicyclic) bond motifs is 14. The summed E-state index contributed by atoms with van der Waals surface area (Å²) in [6, 6.07) is 1.69. The smallest absolute Gasteiger partial charge is 0.312 e. The average molecular weight is 737 g/mol. The van der Waals surface area contributed by atoms with Crippen LogP contribution < -0.4 is 15.4 Å². The van der Waals surface area contributed by atoms with E-state index in [1.165, 1.54) is 27.2 Å². The number of ketones is 1. The van der Waals surface area contributed by atoms with Crippen molar-refractivity contribution in [1.29, 1.82) is 0 Å². The van der Waals surface area contributed by atoms with Crippen LogP contribution in [0.2, 0.25) is 0 Å². The number of methoxy groups -OCH3 is 1. The summed E-state index contributed by atoms with van der Waals surface area (Å²) in [4.78, 5) is 40.0. The fraction of sp³-hybridized carbons (Fsp3) is 0.525. The molecule has 13 heteroatoms. The second-order valence-electron chi connectivity index (χ2n) is 14.9. The van der Waals surface area contributed by atoms with Gasteiger partial charge in [-0.3, -0.25) is 14.4 Å². The fourth-order valence-electron chi connectivity index (χ4n) is 7.22. The second-order valence-corrected chi connectivity index (χ2v) is 14.9. The molecule has 0 saturated heterocycles. The molecule has 1 fully saturated rings. The molecule has 9 atom stereocenters. The molecule has 6 N–H and O–H groups in total. The van der Waals surface area contributed by atoms with Gasteiger partial charge in [0.15, 0.2) is 5.75 Å². The first-order valence-corrected chi connectivity index (χ1v) is 18.0. The zero-order chi connectivity index (χ0) is 39.1. The van der Waals surface area contributed by atoms with Crippen molar-refractivity contribution in [3.8, 4) is 17.2 Å². The van der Waals surface area contributed by atoms with Gasteiger partial charge in [-0.15, -0.1) is 0 Å². The second kappa shape index (κ2) is 15.4. The van der Waals surface area contributed by atoms with Gasteiger partial charge < -0.3 is 50.0 Å². The highest BCUT2D eigenvalue weighted by Gasteiger charge is 2.49. The highest BCUT2D eigenvalue weighted by Crippen LogP contribution is 2.53. The quantitative estimate of drug-likeness (QED) is 0.168. The third-order valence-corrected chi connectivity index (χ3v) is 10.8. The molecular formula is C40H52N2O11. The molecular weight excluding hydrogens is 684 g/mol. The van der Waals surface area contributed by atoms with Crippen LogP contribution in [-0.4, -0.2) is 81.4 Å². The molecule has 1 aliphatic carbocycles. The number of carbonyl (C=O) groups is 3. The normalized spacial score (nSPS) is 33.4. The van der Waals surface area contributed by atoms with Crippen molar-refractivity contribution in [2.75, 3.05) is 17.7 Å². The van der Waals surface area contributed by atoms with E-state index in [1.807, 2.05) is 0 Å². The SMILES string of the molecule is COC1/C=C\OC2(C)Oc3c(C)c(O)c4c(O)c(c(NC5CC5)cc4c3C2=O)NC(=O)/C(C)=C/C=C/C(C)C(O)C(C)C(O)C(C)C(OC(C)=O)C1C. The number of hydrogen-bond donors (Lipinski definition) is 6. The van der Waals surface area contributed by atoms with Crippen LogP contribution >= 0.6 is 0 Å². The molecule has 3 heterocycles. The van der Waals surface area contributed by atoms with E-state index >= 15 is 0 Å². The van der Waals surface area contributed by atoms with E-state index in [2.05, 4.69) is 10.6 Å². The molecule has 5 bridgehead atoms. The maximum atomic E-state index is 14.2. The van der Waals surface area contributed by atoms with Gasteiger partial charge in [0, 0.05) is 67.2 Å². The first kappa shape index (κ1) is 39.6. The van der Waals surface area contributed by atoms with E-state index in [-0.39, 0.29) is 50.7 Å². The highest BCUT2D eigenvalue weighted by atomic mass is 16.7. The van der Waals surface area contributed by atoms with Crippen LogP contribution in [0.5, 0.6) is 17.2 Å². The van der Waals surface area contributed by atoms with Gasteiger partial charge in [0.1, 0.15) is 23.3 Å². The Balaban J connectivity index is 1.65. The summed E-state index contributed by atoms with van der Waals surface area (Å²) in [6.07, 6.45) is 5.77. The van der Waals surface area contributed by atoms with Gasteiger partial charge in [-0.25, -0.2) is 0 Å². The molecule has 2 aromatic carbocycles. The maximum Gasteiger partial charge on any atom is 0.312 e. The predicted molar refractivity (Wildman–Crippen MR) is 199 cm³/mol. The van der Waals surface area contributed by atoms with E-state index in [0.29, 0.717) is 5.69 Å². The van der Waals surface area contributed by atoms with Crippen LogP contribution in [0.4, 0.5) is 11.4 Å². The van der Waals surface area contributed by atoms with Gasteiger partial charge in [-0.2, -0.15) is 0 Å². The maximum absolute atomic E-state index is 14.2. The van der Waals surface area contributed by atoms with Crippen LogP contribution in [0.15, 0.2) is 42.2 Å². The Hall–Kier alpha value is -4.59. The van der Waals surface area contributed by atoms with E-state index in [9.17, 15) is 34.8 Å². The summed E-state index contributed by atoms with van der Waals surface area (Å²) in [5, 5.41) is 52.1. The van der Waals surface area contributed by atoms with Crippen molar-refractivity contribution in [3.05, 3.63) is 53.3 Å². The lowest BCUT2D eigenvalue weighted by Gasteiger charge is -2.38. The lowest BCUT2D eigenvalue weighted by Crippen LogP contribution is -2.46. The molecule has 6 rings (SSSR count). The van der Waals surface area contributed by atoms with E-state index in [4.69, 9.17) is 18.9 Å². The zero-order valence-corrected chi connectivity index (χ0v) is 31.7. The minimum Gasteiger partial charge on any atom is -0.507 e.